The van der Waals surface area contributed by atoms with E-state index < -0.39 is 0 Å². The van der Waals surface area contributed by atoms with Crippen molar-refractivity contribution in [3.63, 3.8) is 0 Å². The van der Waals surface area contributed by atoms with Crippen molar-refractivity contribution < 1.29 is 5.11 Å². The van der Waals surface area contributed by atoms with Gasteiger partial charge in [0, 0.05) is 22.9 Å². The van der Waals surface area contributed by atoms with Crippen molar-refractivity contribution >= 4 is 22.9 Å². The number of nitrogens with one attached hydrogen (secondary N) is 1. The summed E-state index contributed by atoms with van der Waals surface area (Å²) in [5.74, 6) is 0. The van der Waals surface area contributed by atoms with Gasteiger partial charge in [-0.3, -0.25) is 3.53 Å². The Hall–Kier alpha value is 0.650. The van der Waals surface area contributed by atoms with Crippen LogP contribution in [0.5, 0.6) is 0 Å². The van der Waals surface area contributed by atoms with E-state index in [4.69, 9.17) is 5.11 Å². The molecule has 0 aromatic heterocycles. The Labute approximate surface area is 75.9 Å². The van der Waals surface area contributed by atoms with Crippen molar-refractivity contribution in [1.29, 1.82) is 0 Å². The highest BCUT2D eigenvalue weighted by Gasteiger charge is 2.29. The number of hydrogen-bond acceptors (Lipinski definition) is 2. The molecule has 1 rings (SSSR count). The first-order valence-corrected chi connectivity index (χ1v) is 4.89. The summed E-state index contributed by atoms with van der Waals surface area (Å²) in [5, 5.41) is 9.07. The predicted molar refractivity (Wildman–Crippen MR) is 50.1 cm³/mol. The van der Waals surface area contributed by atoms with E-state index in [9.17, 15) is 0 Å². The molecule has 10 heavy (non-hydrogen) atoms. The fourth-order valence-corrected chi connectivity index (χ4v) is 2.22. The van der Waals surface area contributed by atoms with Crippen LogP contribution in [0.4, 0.5) is 0 Å². The zero-order valence-electron chi connectivity index (χ0n) is 6.07. The van der Waals surface area contributed by atoms with Gasteiger partial charge in [-0.25, -0.2) is 0 Å². The standard InChI is InChI=1S/C7H14INO/c8-9-7(6-10)4-2-1-3-5-7/h9-10H,1-6H2. The number of halogens is 1. The molecule has 60 valence electrons. The lowest BCUT2D eigenvalue weighted by molar-refractivity contribution is 0.149. The molecule has 0 bridgehead atoms. The van der Waals surface area contributed by atoms with Crippen LogP contribution < -0.4 is 3.53 Å². The Balaban J connectivity index is 2.44. The molecule has 0 aromatic rings. The molecule has 0 unspecified atom stereocenters. The molecule has 2 N–H and O–H groups in total. The highest BCUT2D eigenvalue weighted by Crippen LogP contribution is 2.28. The van der Waals surface area contributed by atoms with Crippen LogP contribution in [-0.2, 0) is 0 Å². The van der Waals surface area contributed by atoms with Crippen LogP contribution >= 0.6 is 22.9 Å². The van der Waals surface area contributed by atoms with E-state index in [1.807, 2.05) is 0 Å². The minimum atomic E-state index is 0.0544. The number of aliphatic hydroxyl groups excluding tert-OH is 1. The molecule has 2 nitrogen and oxygen atoms in total. The van der Waals surface area contributed by atoms with Gasteiger partial charge in [-0.2, -0.15) is 0 Å². The van der Waals surface area contributed by atoms with Crippen LogP contribution in [0.15, 0.2) is 0 Å². The summed E-state index contributed by atoms with van der Waals surface area (Å²) in [4.78, 5) is 0. The number of rotatable bonds is 2. The summed E-state index contributed by atoms with van der Waals surface area (Å²) >= 11 is 2.15. The third-order valence-electron chi connectivity index (χ3n) is 2.31. The third-order valence-corrected chi connectivity index (χ3v) is 3.46. The van der Waals surface area contributed by atoms with Crippen molar-refractivity contribution in [2.45, 2.75) is 37.6 Å². The summed E-state index contributed by atoms with van der Waals surface area (Å²) in [5.41, 5.74) is 0.0544. The molecule has 0 spiro atoms. The second-order valence-corrected chi connectivity index (χ2v) is 3.63. The maximum Gasteiger partial charge on any atom is 0.0620 e. The van der Waals surface area contributed by atoms with E-state index >= 15 is 0 Å². The summed E-state index contributed by atoms with van der Waals surface area (Å²) < 4.78 is 3.19. The van der Waals surface area contributed by atoms with Gasteiger partial charge < -0.3 is 5.11 Å². The molecule has 0 amide bonds. The molecule has 1 fully saturated rings. The average Bonchev–Trinajstić information content (AvgIpc) is 2.06. The van der Waals surface area contributed by atoms with Crippen molar-refractivity contribution in [2.75, 3.05) is 6.61 Å². The molecular weight excluding hydrogens is 241 g/mol. The smallest absolute Gasteiger partial charge is 0.0620 e. The van der Waals surface area contributed by atoms with E-state index in [1.54, 1.807) is 0 Å². The van der Waals surface area contributed by atoms with Crippen LogP contribution in [0.3, 0.4) is 0 Å². The molecule has 0 heterocycles. The number of aliphatic hydroxyl groups is 1. The summed E-state index contributed by atoms with van der Waals surface area (Å²) in [6.45, 7) is 0.288. The van der Waals surface area contributed by atoms with Crippen LogP contribution in [0.25, 0.3) is 0 Å². The average molecular weight is 255 g/mol. The van der Waals surface area contributed by atoms with E-state index in [0.717, 1.165) is 12.8 Å². The van der Waals surface area contributed by atoms with Gasteiger partial charge in [-0.05, 0) is 12.8 Å². The monoisotopic (exact) mass is 255 g/mol. The van der Waals surface area contributed by atoms with Gasteiger partial charge in [0.2, 0.25) is 0 Å². The molecule has 3 heteroatoms. The van der Waals surface area contributed by atoms with Gasteiger partial charge in [0.15, 0.2) is 0 Å². The van der Waals surface area contributed by atoms with E-state index in [1.165, 1.54) is 19.3 Å². The predicted octanol–water partition coefficient (Wildman–Crippen LogP) is 1.62. The first-order valence-electron chi connectivity index (χ1n) is 3.82. The fourth-order valence-electron chi connectivity index (χ4n) is 1.51. The Kier molecular flexibility index (Phi) is 3.39. The quantitative estimate of drug-likeness (QED) is 0.580. The second-order valence-electron chi connectivity index (χ2n) is 3.09. The lowest BCUT2D eigenvalue weighted by atomic mass is 9.83. The minimum absolute atomic E-state index is 0.0544. The fraction of sp³-hybridized carbons (Fsp3) is 1.00. The lowest BCUT2D eigenvalue weighted by Crippen LogP contribution is -2.44. The highest BCUT2D eigenvalue weighted by molar-refractivity contribution is 14.1. The van der Waals surface area contributed by atoms with Crippen molar-refractivity contribution in [3.8, 4) is 0 Å². The Morgan fingerprint density at radius 3 is 2.20 bits per heavy atom. The van der Waals surface area contributed by atoms with Gasteiger partial charge in [0.1, 0.15) is 0 Å². The molecule has 1 aliphatic carbocycles. The molecule has 1 aliphatic rings. The Morgan fingerprint density at radius 1 is 1.30 bits per heavy atom. The maximum atomic E-state index is 9.07. The van der Waals surface area contributed by atoms with Gasteiger partial charge in [-0.15, -0.1) is 0 Å². The molecule has 0 radical (unpaired) electrons. The van der Waals surface area contributed by atoms with E-state index in [0.29, 0.717) is 0 Å². The molecule has 0 saturated heterocycles. The topological polar surface area (TPSA) is 32.3 Å². The summed E-state index contributed by atoms with van der Waals surface area (Å²) in [7, 11) is 0. The van der Waals surface area contributed by atoms with Gasteiger partial charge >= 0.3 is 0 Å². The maximum absolute atomic E-state index is 9.07. The Morgan fingerprint density at radius 2 is 1.90 bits per heavy atom. The van der Waals surface area contributed by atoms with Gasteiger partial charge in [0.25, 0.3) is 0 Å². The molecule has 0 aromatic carbocycles. The van der Waals surface area contributed by atoms with Crippen molar-refractivity contribution in [3.05, 3.63) is 0 Å². The van der Waals surface area contributed by atoms with E-state index in [2.05, 4.69) is 26.4 Å². The van der Waals surface area contributed by atoms with Crippen molar-refractivity contribution in [2.24, 2.45) is 0 Å². The van der Waals surface area contributed by atoms with Crippen LogP contribution in [0.1, 0.15) is 32.1 Å². The first-order chi connectivity index (χ1) is 4.83. The Bertz CT molecular complexity index is 95.8. The molecule has 1 saturated carbocycles. The first kappa shape index (κ1) is 8.74. The SMILES string of the molecule is OCC1(NI)CCCCC1. The molecule has 0 atom stereocenters. The van der Waals surface area contributed by atoms with Gasteiger partial charge in [0.05, 0.1) is 12.1 Å². The lowest BCUT2D eigenvalue weighted by Gasteiger charge is -2.34. The molecule has 0 aliphatic heterocycles. The largest absolute Gasteiger partial charge is 0.394 e. The third kappa shape index (κ3) is 1.83. The van der Waals surface area contributed by atoms with Crippen LogP contribution in [-0.4, -0.2) is 17.3 Å². The normalized spacial score (nSPS) is 24.6. The van der Waals surface area contributed by atoms with Crippen LogP contribution in [0.2, 0.25) is 0 Å². The molecular formula is C7H14INO. The van der Waals surface area contributed by atoms with E-state index in [-0.39, 0.29) is 12.1 Å². The van der Waals surface area contributed by atoms with Crippen molar-refractivity contribution in [1.82, 2.24) is 3.53 Å². The summed E-state index contributed by atoms with van der Waals surface area (Å²) in [6.07, 6.45) is 6.12. The second kappa shape index (κ2) is 3.88. The summed E-state index contributed by atoms with van der Waals surface area (Å²) in [6, 6.07) is 0. The highest BCUT2D eigenvalue weighted by atomic mass is 127. The van der Waals surface area contributed by atoms with Gasteiger partial charge in [-0.1, -0.05) is 19.3 Å². The van der Waals surface area contributed by atoms with Crippen LogP contribution in [0, 0.1) is 0 Å². The number of hydrogen-bond donors (Lipinski definition) is 2. The minimum Gasteiger partial charge on any atom is -0.394 e. The zero-order valence-corrected chi connectivity index (χ0v) is 8.23. The zero-order chi connectivity index (χ0) is 7.45.